The zero-order chi connectivity index (χ0) is 14.0. The molecule has 0 aliphatic heterocycles. The van der Waals surface area contributed by atoms with Crippen LogP contribution in [-0.2, 0) is 11.0 Å². The molecule has 0 aliphatic carbocycles. The van der Waals surface area contributed by atoms with Gasteiger partial charge in [0.15, 0.2) is 13.3 Å². The van der Waals surface area contributed by atoms with Crippen LogP contribution < -0.4 is 0 Å². The van der Waals surface area contributed by atoms with Gasteiger partial charge >= 0.3 is 0 Å². The molecule has 0 aliphatic rings. The quantitative estimate of drug-likeness (QED) is 0.453. The molecule has 0 atom stereocenters. The van der Waals surface area contributed by atoms with E-state index in [4.69, 9.17) is 4.43 Å². The number of nitrogens with zero attached hydrogens (tertiary/aromatic N) is 1. The highest BCUT2D eigenvalue weighted by Crippen LogP contribution is 2.37. The Balaban J connectivity index is 2.65. The normalized spacial score (nSPS) is 12.8. The van der Waals surface area contributed by atoms with E-state index in [9.17, 15) is 4.79 Å². The summed E-state index contributed by atoms with van der Waals surface area (Å²) in [6.45, 7) is 11.6. The Morgan fingerprint density at radius 2 is 2.11 bits per heavy atom. The van der Waals surface area contributed by atoms with Gasteiger partial charge < -0.3 is 4.43 Å². The molecule has 0 N–H and O–H groups in total. The van der Waals surface area contributed by atoms with Gasteiger partial charge in [0.2, 0.25) is 5.78 Å². The molecule has 0 fully saturated rings. The molecule has 1 aromatic rings. The molecule has 0 aromatic carbocycles. The first-order chi connectivity index (χ1) is 8.17. The minimum Gasteiger partial charge on any atom is -0.412 e. The second-order valence-corrected chi connectivity index (χ2v) is 12.2. The van der Waals surface area contributed by atoms with Crippen molar-refractivity contribution in [1.29, 1.82) is 0 Å². The van der Waals surface area contributed by atoms with Gasteiger partial charge in [-0.1, -0.05) is 36.7 Å². The first-order valence-electron chi connectivity index (χ1n) is 5.85. The van der Waals surface area contributed by atoms with E-state index in [1.54, 1.807) is 6.20 Å². The van der Waals surface area contributed by atoms with Crippen molar-refractivity contribution in [2.75, 3.05) is 5.33 Å². The zero-order valence-electron chi connectivity index (χ0n) is 11.5. The van der Waals surface area contributed by atoms with E-state index in [-0.39, 0.29) is 10.8 Å². The van der Waals surface area contributed by atoms with E-state index in [1.165, 1.54) is 11.3 Å². The van der Waals surface area contributed by atoms with E-state index >= 15 is 0 Å². The Labute approximate surface area is 122 Å². The summed E-state index contributed by atoms with van der Waals surface area (Å²) in [4.78, 5) is 16.6. The van der Waals surface area contributed by atoms with Crippen molar-refractivity contribution >= 4 is 41.4 Å². The fourth-order valence-electron chi connectivity index (χ4n) is 1.03. The largest absolute Gasteiger partial charge is 0.412 e. The van der Waals surface area contributed by atoms with Gasteiger partial charge in [0.25, 0.3) is 0 Å². The van der Waals surface area contributed by atoms with Crippen molar-refractivity contribution in [2.45, 2.75) is 45.5 Å². The van der Waals surface area contributed by atoms with Crippen LogP contribution in [0.25, 0.3) is 0 Å². The van der Waals surface area contributed by atoms with E-state index in [0.717, 1.165) is 4.88 Å². The first-order valence-corrected chi connectivity index (χ1v) is 10.7. The Bertz CT molecular complexity index is 426. The number of ketones is 1. The minimum absolute atomic E-state index is 0.0265. The molecule has 0 saturated carbocycles. The van der Waals surface area contributed by atoms with Crippen molar-refractivity contribution in [3.05, 3.63) is 16.1 Å². The van der Waals surface area contributed by atoms with Crippen molar-refractivity contribution < 1.29 is 9.22 Å². The summed E-state index contributed by atoms with van der Waals surface area (Å²) in [7, 11) is -1.73. The maximum atomic E-state index is 11.5. The molecule has 1 rings (SSSR count). The molecular formula is C12H20BrNO2SSi. The summed E-state index contributed by atoms with van der Waals surface area (Å²) in [5, 5.41) is 1.08. The van der Waals surface area contributed by atoms with Crippen molar-refractivity contribution in [1.82, 2.24) is 4.98 Å². The molecule has 0 saturated heterocycles. The number of Topliss-reactive ketones (excluding diaryl/α,β-unsaturated/α-hetero) is 1. The SMILES string of the molecule is CC(C)(C)[Si](C)(C)OCc1cnc(C(=O)CBr)s1. The van der Waals surface area contributed by atoms with E-state index in [2.05, 4.69) is 54.8 Å². The number of thiazole rings is 1. The minimum atomic E-state index is -1.73. The zero-order valence-corrected chi connectivity index (χ0v) is 14.9. The standard InChI is InChI=1S/C12H20BrNO2SSi/c1-12(2,3)18(4,5)16-8-9-7-14-11(17-9)10(15)6-13/h7H,6,8H2,1-5H3. The van der Waals surface area contributed by atoms with Crippen LogP contribution >= 0.6 is 27.3 Å². The highest BCUT2D eigenvalue weighted by Gasteiger charge is 2.37. The van der Waals surface area contributed by atoms with E-state index in [1.807, 2.05) is 0 Å². The molecule has 3 nitrogen and oxygen atoms in total. The van der Waals surface area contributed by atoms with Crippen LogP contribution in [0.3, 0.4) is 0 Å². The smallest absolute Gasteiger partial charge is 0.201 e. The molecule has 102 valence electrons. The second kappa shape index (κ2) is 5.94. The summed E-state index contributed by atoms with van der Waals surface area (Å²) < 4.78 is 6.09. The third-order valence-corrected chi connectivity index (χ3v) is 9.29. The lowest BCUT2D eigenvalue weighted by atomic mass is 10.2. The van der Waals surface area contributed by atoms with Gasteiger partial charge in [-0.2, -0.15) is 0 Å². The lowest BCUT2D eigenvalue weighted by molar-refractivity contribution is 0.102. The molecule has 1 aromatic heterocycles. The Hall–Kier alpha value is -0.0431. The number of hydrogen-bond donors (Lipinski definition) is 0. The molecule has 0 bridgehead atoms. The topological polar surface area (TPSA) is 39.2 Å². The first kappa shape index (κ1) is 16.0. The number of aromatic nitrogens is 1. The van der Waals surface area contributed by atoms with Crippen LogP contribution in [0.2, 0.25) is 18.1 Å². The number of rotatable bonds is 5. The van der Waals surface area contributed by atoms with Crippen LogP contribution in [-0.4, -0.2) is 24.4 Å². The van der Waals surface area contributed by atoms with Crippen molar-refractivity contribution in [3.8, 4) is 0 Å². The molecule has 0 spiro atoms. The Kier molecular flexibility index (Phi) is 5.29. The van der Waals surface area contributed by atoms with Crippen LogP contribution in [0.1, 0.15) is 35.5 Å². The van der Waals surface area contributed by atoms with Gasteiger partial charge in [0, 0.05) is 11.1 Å². The van der Waals surface area contributed by atoms with E-state index < -0.39 is 8.32 Å². The molecule has 0 amide bonds. The maximum absolute atomic E-state index is 11.5. The van der Waals surface area contributed by atoms with Crippen LogP contribution in [0.5, 0.6) is 0 Å². The Morgan fingerprint density at radius 3 is 2.61 bits per heavy atom. The van der Waals surface area contributed by atoms with Crippen molar-refractivity contribution in [3.63, 3.8) is 0 Å². The summed E-state index contributed by atoms with van der Waals surface area (Å²) in [5.74, 6) is 0.0265. The van der Waals surface area contributed by atoms with E-state index in [0.29, 0.717) is 16.9 Å². The van der Waals surface area contributed by atoms with Gasteiger partial charge in [-0.05, 0) is 18.1 Å². The summed E-state index contributed by atoms with van der Waals surface area (Å²) in [6, 6.07) is 0. The molecular weight excluding hydrogens is 330 g/mol. The molecule has 0 radical (unpaired) electrons. The van der Waals surface area contributed by atoms with Gasteiger partial charge in [0.1, 0.15) is 0 Å². The Morgan fingerprint density at radius 1 is 1.50 bits per heavy atom. The van der Waals surface area contributed by atoms with Crippen LogP contribution in [0, 0.1) is 0 Å². The van der Waals surface area contributed by atoms with Gasteiger partial charge in [0.05, 0.1) is 11.9 Å². The lowest BCUT2D eigenvalue weighted by Crippen LogP contribution is -2.40. The molecule has 0 unspecified atom stereocenters. The molecule has 18 heavy (non-hydrogen) atoms. The lowest BCUT2D eigenvalue weighted by Gasteiger charge is -2.35. The molecule has 6 heteroatoms. The van der Waals surface area contributed by atoms with Crippen LogP contribution in [0.4, 0.5) is 0 Å². The number of alkyl halides is 1. The average molecular weight is 350 g/mol. The number of halogens is 1. The van der Waals surface area contributed by atoms with Gasteiger partial charge in [-0.25, -0.2) is 4.98 Å². The monoisotopic (exact) mass is 349 g/mol. The molecule has 1 heterocycles. The predicted octanol–water partition coefficient (Wildman–Crippen LogP) is 4.24. The third-order valence-electron chi connectivity index (χ3n) is 3.29. The average Bonchev–Trinajstić information content (AvgIpc) is 2.72. The predicted molar refractivity (Wildman–Crippen MR) is 82.2 cm³/mol. The summed E-state index contributed by atoms with van der Waals surface area (Å²) in [6.07, 6.45) is 1.74. The van der Waals surface area contributed by atoms with Gasteiger partial charge in [-0.15, -0.1) is 11.3 Å². The fourth-order valence-corrected chi connectivity index (χ4v) is 3.30. The van der Waals surface area contributed by atoms with Gasteiger partial charge in [-0.3, -0.25) is 4.79 Å². The summed E-state index contributed by atoms with van der Waals surface area (Å²) in [5.41, 5.74) is 0. The third kappa shape index (κ3) is 3.98. The maximum Gasteiger partial charge on any atom is 0.201 e. The number of hydrogen-bond acceptors (Lipinski definition) is 4. The second-order valence-electron chi connectivity index (χ2n) is 5.74. The van der Waals surface area contributed by atoms with Crippen molar-refractivity contribution in [2.24, 2.45) is 0 Å². The fraction of sp³-hybridized carbons (Fsp3) is 0.667. The highest BCUT2D eigenvalue weighted by atomic mass is 79.9. The highest BCUT2D eigenvalue weighted by molar-refractivity contribution is 9.09. The number of carbonyl (C=O) groups excluding carboxylic acids is 1. The number of carbonyl (C=O) groups is 1. The summed E-state index contributed by atoms with van der Waals surface area (Å²) >= 11 is 4.57. The van der Waals surface area contributed by atoms with Crippen LogP contribution in [0.15, 0.2) is 6.20 Å².